The van der Waals surface area contributed by atoms with Crippen molar-refractivity contribution in [3.05, 3.63) is 169 Å². The number of halogens is 6. The molecule has 0 saturated heterocycles. The van der Waals surface area contributed by atoms with E-state index in [4.69, 9.17) is 0 Å². The molecule has 0 unspecified atom stereocenters. The van der Waals surface area contributed by atoms with E-state index >= 15 is 0 Å². The van der Waals surface area contributed by atoms with Crippen molar-refractivity contribution in [2.45, 2.75) is 31.9 Å². The standard InChI is InChI=1S/C44H26F6N2S2/c45-43(46,47)29-21-23-33(51-35-9-1-5-13-39(35)53-40-14-6-2-10-36(40)51)31(25-29)27-17-19-28(20-18-27)32-26-30(44(48,49)50)22-24-34(32)52-37-11-3-7-15-41(37)54-42-16-8-4-12-38(42)52/h1-26H. The van der Waals surface area contributed by atoms with E-state index in [-0.39, 0.29) is 0 Å². The largest absolute Gasteiger partial charge is 0.416 e. The van der Waals surface area contributed by atoms with E-state index in [2.05, 4.69) is 0 Å². The van der Waals surface area contributed by atoms with Gasteiger partial charge in [-0.25, -0.2) is 0 Å². The van der Waals surface area contributed by atoms with E-state index in [0.29, 0.717) is 33.6 Å². The number of alkyl halides is 6. The first-order valence-corrected chi connectivity index (χ1v) is 18.5. The summed E-state index contributed by atoms with van der Waals surface area (Å²) in [6.07, 6.45) is -9.21. The van der Waals surface area contributed by atoms with Gasteiger partial charge in [0.2, 0.25) is 0 Å². The predicted octanol–water partition coefficient (Wildman–Crippen LogP) is 14.9. The summed E-state index contributed by atoms with van der Waals surface area (Å²) in [5.41, 5.74) is 4.38. The van der Waals surface area contributed by atoms with Crippen molar-refractivity contribution in [3.63, 3.8) is 0 Å². The summed E-state index contributed by atoms with van der Waals surface area (Å²) in [7, 11) is 0. The fraction of sp³-hybridized carbons (Fsp3) is 0.0455. The van der Waals surface area contributed by atoms with Crippen LogP contribution in [-0.2, 0) is 12.4 Å². The molecule has 0 fully saturated rings. The molecule has 0 saturated carbocycles. The zero-order valence-electron chi connectivity index (χ0n) is 28.0. The number of fused-ring (bicyclic) bond motifs is 4. The van der Waals surface area contributed by atoms with E-state index in [1.807, 2.05) is 107 Å². The van der Waals surface area contributed by atoms with Crippen LogP contribution in [0.15, 0.2) is 177 Å². The minimum Gasteiger partial charge on any atom is -0.308 e. The van der Waals surface area contributed by atoms with Crippen molar-refractivity contribution in [3.8, 4) is 22.3 Å². The third kappa shape index (κ3) is 5.99. The third-order valence-electron chi connectivity index (χ3n) is 9.50. The first-order valence-electron chi connectivity index (χ1n) is 16.9. The van der Waals surface area contributed by atoms with E-state index < -0.39 is 23.5 Å². The Morgan fingerprint density at radius 2 is 0.630 bits per heavy atom. The van der Waals surface area contributed by atoms with Crippen LogP contribution in [0.25, 0.3) is 22.3 Å². The molecule has 2 aliphatic heterocycles. The van der Waals surface area contributed by atoms with Gasteiger partial charge in [-0.2, -0.15) is 26.3 Å². The summed E-state index contributed by atoms with van der Waals surface area (Å²) in [4.78, 5) is 7.75. The number of anilines is 6. The Balaban J connectivity index is 1.22. The van der Waals surface area contributed by atoms with Crippen LogP contribution >= 0.6 is 23.5 Å². The van der Waals surface area contributed by atoms with E-state index in [9.17, 15) is 26.3 Å². The van der Waals surface area contributed by atoms with Crippen molar-refractivity contribution in [1.29, 1.82) is 0 Å². The smallest absolute Gasteiger partial charge is 0.308 e. The molecule has 9 rings (SSSR count). The quantitative estimate of drug-likeness (QED) is 0.165. The number of nitrogens with zero attached hydrogens (tertiary/aromatic N) is 2. The van der Waals surface area contributed by atoms with Gasteiger partial charge >= 0.3 is 12.4 Å². The Labute approximate surface area is 315 Å². The summed E-state index contributed by atoms with van der Waals surface area (Å²) in [6, 6.07) is 45.1. The van der Waals surface area contributed by atoms with Gasteiger partial charge in [-0.3, -0.25) is 0 Å². The molecular weight excluding hydrogens is 735 g/mol. The van der Waals surface area contributed by atoms with Gasteiger partial charge in [0.1, 0.15) is 0 Å². The van der Waals surface area contributed by atoms with Crippen molar-refractivity contribution in [2.24, 2.45) is 0 Å². The highest BCUT2D eigenvalue weighted by atomic mass is 32.2. The van der Waals surface area contributed by atoms with Crippen LogP contribution in [0.4, 0.5) is 60.5 Å². The topological polar surface area (TPSA) is 6.48 Å². The number of hydrogen-bond acceptors (Lipinski definition) is 4. The summed E-state index contributed by atoms with van der Waals surface area (Å²) in [5.74, 6) is 0. The Morgan fingerprint density at radius 1 is 0.333 bits per heavy atom. The molecular formula is C44H26F6N2S2. The second kappa shape index (κ2) is 13.1. The highest BCUT2D eigenvalue weighted by Gasteiger charge is 2.35. The van der Waals surface area contributed by atoms with Crippen LogP contribution < -0.4 is 9.80 Å². The van der Waals surface area contributed by atoms with Gasteiger partial charge in [-0.1, -0.05) is 96.3 Å². The average Bonchev–Trinajstić information content (AvgIpc) is 3.18. The number of rotatable bonds is 4. The first kappa shape index (κ1) is 34.2. The van der Waals surface area contributed by atoms with Crippen LogP contribution in [0.2, 0.25) is 0 Å². The molecule has 0 spiro atoms. The summed E-state index contributed by atoms with van der Waals surface area (Å²) < 4.78 is 85.6. The second-order valence-corrected chi connectivity index (χ2v) is 15.0. The van der Waals surface area contributed by atoms with E-state index in [0.717, 1.165) is 66.6 Å². The lowest BCUT2D eigenvalue weighted by Gasteiger charge is -2.34. The molecule has 7 aromatic carbocycles. The number of benzene rings is 7. The lowest BCUT2D eigenvalue weighted by molar-refractivity contribution is -0.138. The van der Waals surface area contributed by atoms with Crippen LogP contribution in [0.5, 0.6) is 0 Å². The molecule has 0 bridgehead atoms. The van der Waals surface area contributed by atoms with Gasteiger partial charge in [0.05, 0.1) is 45.3 Å². The Hall–Kier alpha value is -5.58. The molecule has 0 aliphatic carbocycles. The van der Waals surface area contributed by atoms with Crippen molar-refractivity contribution in [2.75, 3.05) is 9.80 Å². The average molecular weight is 761 g/mol. The molecule has 0 N–H and O–H groups in total. The molecule has 54 heavy (non-hydrogen) atoms. The second-order valence-electron chi connectivity index (χ2n) is 12.8. The Kier molecular flexibility index (Phi) is 8.28. The first-order chi connectivity index (χ1) is 26.0. The lowest BCUT2D eigenvalue weighted by atomic mass is 9.94. The minimum absolute atomic E-state index is 0.327. The van der Waals surface area contributed by atoms with Crippen LogP contribution in [0.1, 0.15) is 11.1 Å². The van der Waals surface area contributed by atoms with E-state index in [1.165, 1.54) is 12.1 Å². The SMILES string of the molecule is FC(F)(F)c1ccc(N2c3ccccc3Sc3ccccc32)c(-c2ccc(-c3cc(C(F)(F)F)ccc3N3c4ccccc4Sc4ccccc43)cc2)c1. The maximum Gasteiger partial charge on any atom is 0.416 e. The van der Waals surface area contributed by atoms with Gasteiger partial charge in [-0.15, -0.1) is 0 Å². The van der Waals surface area contributed by atoms with Gasteiger partial charge < -0.3 is 9.80 Å². The van der Waals surface area contributed by atoms with Crippen LogP contribution in [0.3, 0.4) is 0 Å². The number of para-hydroxylation sites is 4. The molecule has 266 valence electrons. The minimum atomic E-state index is -4.60. The van der Waals surface area contributed by atoms with Gasteiger partial charge in [0, 0.05) is 30.7 Å². The van der Waals surface area contributed by atoms with Gasteiger partial charge in [0.25, 0.3) is 0 Å². The zero-order valence-corrected chi connectivity index (χ0v) is 29.6. The fourth-order valence-electron chi connectivity index (χ4n) is 7.03. The Bertz CT molecular complexity index is 2300. The summed E-state index contributed by atoms with van der Waals surface area (Å²) >= 11 is 3.18. The number of hydrogen-bond donors (Lipinski definition) is 0. The maximum absolute atomic E-state index is 14.3. The Morgan fingerprint density at radius 3 is 0.926 bits per heavy atom. The van der Waals surface area contributed by atoms with E-state index in [1.54, 1.807) is 47.8 Å². The zero-order chi connectivity index (χ0) is 37.2. The van der Waals surface area contributed by atoms with Crippen molar-refractivity contribution < 1.29 is 26.3 Å². The molecule has 10 heteroatoms. The predicted molar refractivity (Wildman–Crippen MR) is 205 cm³/mol. The molecule has 0 aromatic heterocycles. The summed E-state index contributed by atoms with van der Waals surface area (Å²) in [6.45, 7) is 0. The molecule has 0 amide bonds. The molecule has 7 aromatic rings. The molecule has 2 nitrogen and oxygen atoms in total. The third-order valence-corrected chi connectivity index (χ3v) is 11.8. The van der Waals surface area contributed by atoms with Gasteiger partial charge in [-0.05, 0) is 96.1 Å². The lowest BCUT2D eigenvalue weighted by Crippen LogP contribution is -2.16. The summed E-state index contributed by atoms with van der Waals surface area (Å²) in [5, 5.41) is 0. The van der Waals surface area contributed by atoms with Crippen LogP contribution in [-0.4, -0.2) is 0 Å². The van der Waals surface area contributed by atoms with Crippen molar-refractivity contribution >= 4 is 57.6 Å². The fourth-order valence-corrected chi connectivity index (χ4v) is 9.15. The highest BCUT2D eigenvalue weighted by Crippen LogP contribution is 2.55. The maximum atomic E-state index is 14.3. The van der Waals surface area contributed by atoms with Gasteiger partial charge in [0.15, 0.2) is 0 Å². The van der Waals surface area contributed by atoms with Crippen molar-refractivity contribution in [1.82, 2.24) is 0 Å². The molecule has 0 radical (unpaired) electrons. The molecule has 0 atom stereocenters. The molecule has 2 heterocycles. The van der Waals surface area contributed by atoms with Crippen LogP contribution in [0, 0.1) is 0 Å². The monoisotopic (exact) mass is 760 g/mol. The molecule has 2 aliphatic rings. The highest BCUT2D eigenvalue weighted by molar-refractivity contribution is 8.00. The normalized spacial score (nSPS) is 13.5.